The van der Waals surface area contributed by atoms with Crippen molar-refractivity contribution in [2.24, 2.45) is 0 Å². The molecule has 1 saturated carbocycles. The number of benzene rings is 1. The number of fused-ring (bicyclic) bond motifs is 1. The van der Waals surface area contributed by atoms with Gasteiger partial charge >= 0.3 is 5.97 Å². The average Bonchev–Trinajstić information content (AvgIpc) is 2.90. The van der Waals surface area contributed by atoms with E-state index in [9.17, 15) is 19.2 Å². The highest BCUT2D eigenvalue weighted by Crippen LogP contribution is 2.31. The molecule has 3 rings (SSSR count). The van der Waals surface area contributed by atoms with E-state index >= 15 is 0 Å². The number of likely N-dealkylation sites (N-methyl/N-ethyl adjacent to an activating group) is 1. The lowest BCUT2D eigenvalue weighted by atomic mass is 9.94. The first-order chi connectivity index (χ1) is 12.4. The Morgan fingerprint density at radius 2 is 1.77 bits per heavy atom. The van der Waals surface area contributed by atoms with E-state index in [2.05, 4.69) is 0 Å². The molecule has 138 valence electrons. The van der Waals surface area contributed by atoms with Crippen LogP contribution in [-0.2, 0) is 4.79 Å². The van der Waals surface area contributed by atoms with Crippen LogP contribution in [0.2, 0.25) is 0 Å². The van der Waals surface area contributed by atoms with Crippen molar-refractivity contribution in [3.63, 3.8) is 0 Å². The fourth-order valence-electron chi connectivity index (χ4n) is 3.74. The van der Waals surface area contributed by atoms with Crippen molar-refractivity contribution in [3.8, 4) is 0 Å². The Kier molecular flexibility index (Phi) is 5.06. The van der Waals surface area contributed by atoms with Crippen LogP contribution in [0.25, 0.3) is 0 Å². The minimum Gasteiger partial charge on any atom is -0.480 e. The third-order valence-electron chi connectivity index (χ3n) is 5.10. The molecule has 0 atom stereocenters. The molecule has 1 aliphatic carbocycles. The number of aliphatic carboxylic acids is 1. The van der Waals surface area contributed by atoms with Gasteiger partial charge in [-0.25, -0.2) is 0 Å². The second kappa shape index (κ2) is 7.27. The fourth-order valence-corrected chi connectivity index (χ4v) is 3.74. The molecule has 7 nitrogen and oxygen atoms in total. The summed E-state index contributed by atoms with van der Waals surface area (Å²) >= 11 is 0. The topological polar surface area (TPSA) is 95.0 Å². The van der Waals surface area contributed by atoms with Gasteiger partial charge in [-0.15, -0.1) is 0 Å². The van der Waals surface area contributed by atoms with Crippen molar-refractivity contribution in [3.05, 3.63) is 34.9 Å². The zero-order valence-electron chi connectivity index (χ0n) is 14.7. The minimum atomic E-state index is -1.10. The highest BCUT2D eigenvalue weighted by Gasteiger charge is 2.40. The van der Waals surface area contributed by atoms with Gasteiger partial charge in [-0.1, -0.05) is 19.3 Å². The number of carboxylic acid groups (broad SMARTS) is 1. The molecule has 3 amide bonds. The van der Waals surface area contributed by atoms with Crippen LogP contribution in [0.3, 0.4) is 0 Å². The first kappa shape index (κ1) is 18.1. The molecular formula is C19H22N2O5. The lowest BCUT2D eigenvalue weighted by Gasteiger charge is -2.29. The van der Waals surface area contributed by atoms with Crippen LogP contribution in [0.15, 0.2) is 18.2 Å². The Morgan fingerprint density at radius 1 is 1.12 bits per heavy atom. The van der Waals surface area contributed by atoms with Gasteiger partial charge in [-0.3, -0.25) is 24.1 Å². The van der Waals surface area contributed by atoms with Crippen molar-refractivity contribution in [1.29, 1.82) is 0 Å². The van der Waals surface area contributed by atoms with Crippen LogP contribution in [0.1, 0.15) is 70.1 Å². The normalized spacial score (nSPS) is 17.3. The number of nitrogens with zero attached hydrogens (tertiary/aromatic N) is 2. The molecule has 1 N–H and O–H groups in total. The highest BCUT2D eigenvalue weighted by atomic mass is 16.4. The van der Waals surface area contributed by atoms with Gasteiger partial charge in [0.05, 0.1) is 11.1 Å². The van der Waals surface area contributed by atoms with Crippen LogP contribution < -0.4 is 0 Å². The summed E-state index contributed by atoms with van der Waals surface area (Å²) < 4.78 is 0. The third-order valence-corrected chi connectivity index (χ3v) is 5.10. The first-order valence-electron chi connectivity index (χ1n) is 8.97. The number of rotatable bonds is 5. The third kappa shape index (κ3) is 3.21. The largest absolute Gasteiger partial charge is 0.480 e. The highest BCUT2D eigenvalue weighted by molar-refractivity contribution is 6.22. The fraction of sp³-hybridized carbons (Fsp3) is 0.474. The Bertz CT molecular complexity index is 767. The molecule has 1 aliphatic heterocycles. The average molecular weight is 358 g/mol. The number of carbonyl (C=O) groups excluding carboxylic acids is 3. The molecule has 0 saturated heterocycles. The van der Waals surface area contributed by atoms with E-state index in [1.165, 1.54) is 28.0 Å². The Balaban J connectivity index is 1.87. The van der Waals surface area contributed by atoms with E-state index in [-0.39, 0.29) is 35.5 Å². The zero-order valence-corrected chi connectivity index (χ0v) is 14.7. The van der Waals surface area contributed by atoms with Gasteiger partial charge in [0.15, 0.2) is 0 Å². The number of imide groups is 1. The standard InChI is InChI=1S/C19H22N2O5/c1-2-20(11-16(22)23)17(24)12-8-9-14-15(10-12)19(26)21(18(14)25)13-6-4-3-5-7-13/h8-10,13H,2-7,11H2,1H3,(H,22,23). The predicted octanol–water partition coefficient (Wildman–Crippen LogP) is 2.16. The number of amides is 3. The molecule has 7 heteroatoms. The molecule has 0 bridgehead atoms. The quantitative estimate of drug-likeness (QED) is 0.814. The van der Waals surface area contributed by atoms with Gasteiger partial charge in [-0.05, 0) is 38.0 Å². The Morgan fingerprint density at radius 3 is 2.38 bits per heavy atom. The van der Waals surface area contributed by atoms with Crippen molar-refractivity contribution in [1.82, 2.24) is 9.80 Å². The summed E-state index contributed by atoms with van der Waals surface area (Å²) in [5.41, 5.74) is 0.773. The maximum atomic E-state index is 12.8. The van der Waals surface area contributed by atoms with Gasteiger partial charge in [0.2, 0.25) is 0 Å². The second-order valence-corrected chi connectivity index (χ2v) is 6.75. The van der Waals surface area contributed by atoms with E-state index in [1.54, 1.807) is 6.92 Å². The van der Waals surface area contributed by atoms with Crippen LogP contribution in [0.5, 0.6) is 0 Å². The van der Waals surface area contributed by atoms with Gasteiger partial charge in [0.1, 0.15) is 6.54 Å². The Labute approximate surface area is 151 Å². The molecule has 26 heavy (non-hydrogen) atoms. The maximum Gasteiger partial charge on any atom is 0.323 e. The summed E-state index contributed by atoms with van der Waals surface area (Å²) in [6.45, 7) is 1.52. The summed E-state index contributed by atoms with van der Waals surface area (Å²) in [7, 11) is 0. The lowest BCUT2D eigenvalue weighted by Crippen LogP contribution is -2.40. The number of carboxylic acids is 1. The molecule has 0 radical (unpaired) electrons. The van der Waals surface area contributed by atoms with Crippen LogP contribution >= 0.6 is 0 Å². The number of hydrogen-bond donors (Lipinski definition) is 1. The van der Waals surface area contributed by atoms with Gasteiger partial charge in [-0.2, -0.15) is 0 Å². The molecule has 1 aromatic carbocycles. The molecule has 0 spiro atoms. The van der Waals surface area contributed by atoms with Crippen molar-refractivity contribution < 1.29 is 24.3 Å². The van der Waals surface area contributed by atoms with Crippen LogP contribution in [0, 0.1) is 0 Å². The summed E-state index contributed by atoms with van der Waals surface area (Å²) in [5.74, 6) is -2.22. The SMILES string of the molecule is CCN(CC(=O)O)C(=O)c1ccc2c(c1)C(=O)N(C1CCCCC1)C2=O. The van der Waals surface area contributed by atoms with E-state index < -0.39 is 18.4 Å². The van der Waals surface area contributed by atoms with Crippen LogP contribution in [0.4, 0.5) is 0 Å². The van der Waals surface area contributed by atoms with Crippen molar-refractivity contribution in [2.75, 3.05) is 13.1 Å². The monoisotopic (exact) mass is 358 g/mol. The Hall–Kier alpha value is -2.70. The van der Waals surface area contributed by atoms with Gasteiger partial charge < -0.3 is 10.0 Å². The molecule has 1 fully saturated rings. The molecule has 2 aliphatic rings. The molecule has 1 heterocycles. The van der Waals surface area contributed by atoms with E-state index in [4.69, 9.17) is 5.11 Å². The van der Waals surface area contributed by atoms with E-state index in [0.717, 1.165) is 32.1 Å². The zero-order chi connectivity index (χ0) is 18.8. The first-order valence-corrected chi connectivity index (χ1v) is 8.97. The molecular weight excluding hydrogens is 336 g/mol. The molecule has 0 aromatic heterocycles. The number of hydrogen-bond acceptors (Lipinski definition) is 4. The smallest absolute Gasteiger partial charge is 0.323 e. The van der Waals surface area contributed by atoms with Gasteiger partial charge in [0.25, 0.3) is 17.7 Å². The maximum absolute atomic E-state index is 12.8. The van der Waals surface area contributed by atoms with E-state index in [0.29, 0.717) is 5.56 Å². The second-order valence-electron chi connectivity index (χ2n) is 6.75. The molecule has 1 aromatic rings. The van der Waals surface area contributed by atoms with Gasteiger partial charge in [0, 0.05) is 18.2 Å². The van der Waals surface area contributed by atoms with E-state index in [1.807, 2.05) is 0 Å². The van der Waals surface area contributed by atoms with Crippen molar-refractivity contribution in [2.45, 2.75) is 45.1 Å². The summed E-state index contributed by atoms with van der Waals surface area (Å²) in [6.07, 6.45) is 4.76. The van der Waals surface area contributed by atoms with Crippen LogP contribution in [-0.4, -0.2) is 57.7 Å². The lowest BCUT2D eigenvalue weighted by molar-refractivity contribution is -0.137. The summed E-state index contributed by atoms with van der Waals surface area (Å²) in [4.78, 5) is 51.4. The summed E-state index contributed by atoms with van der Waals surface area (Å²) in [5, 5.41) is 8.92. The molecule has 0 unspecified atom stereocenters. The predicted molar refractivity (Wildman–Crippen MR) is 93.0 cm³/mol. The number of carbonyl (C=O) groups is 4. The summed E-state index contributed by atoms with van der Waals surface area (Å²) in [6, 6.07) is 4.33. The minimum absolute atomic E-state index is 0.0746. The van der Waals surface area contributed by atoms with Crippen molar-refractivity contribution >= 4 is 23.7 Å².